The van der Waals surface area contributed by atoms with Gasteiger partial charge < -0.3 is 24.8 Å². The molecule has 1 heterocycles. The Hall–Kier alpha value is -3.13. The number of esters is 1. The highest BCUT2D eigenvalue weighted by Crippen LogP contribution is 2.35. The number of aryl methyl sites for hydroxylation is 1. The van der Waals surface area contributed by atoms with E-state index in [0.717, 1.165) is 16.5 Å². The van der Waals surface area contributed by atoms with Crippen molar-refractivity contribution in [3.63, 3.8) is 0 Å². The lowest BCUT2D eigenvalue weighted by molar-refractivity contribution is -0.141. The summed E-state index contributed by atoms with van der Waals surface area (Å²) < 4.78 is 6.92. The highest BCUT2D eigenvalue weighted by atomic mass is 16.5. The van der Waals surface area contributed by atoms with Gasteiger partial charge in [-0.3, -0.25) is 9.59 Å². The number of fused-ring (bicyclic) bond motifs is 1. The minimum Gasteiger partial charge on any atom is -0.466 e. The van der Waals surface area contributed by atoms with Crippen LogP contribution >= 0.6 is 0 Å². The Morgan fingerprint density at radius 2 is 1.64 bits per heavy atom. The fraction of sp³-hybridized carbons (Fsp3) is 0.581. The average Bonchev–Trinajstić information content (AvgIpc) is 3.21. The van der Waals surface area contributed by atoms with E-state index in [0.29, 0.717) is 5.57 Å². The summed E-state index contributed by atoms with van der Waals surface area (Å²) in [6.07, 6.45) is 3.83. The number of rotatable bonds is 10. The molecule has 0 radical (unpaired) electrons. The molecule has 3 atom stereocenters. The quantitative estimate of drug-likeness (QED) is 0.349. The molecule has 0 aliphatic rings. The molecule has 0 aliphatic carbocycles. The van der Waals surface area contributed by atoms with E-state index in [1.807, 2.05) is 67.6 Å². The Labute approximate surface area is 234 Å². The van der Waals surface area contributed by atoms with Crippen LogP contribution in [0, 0.1) is 11.3 Å². The lowest BCUT2D eigenvalue weighted by Gasteiger charge is -2.39. The number of carbonyl (C=O) groups excluding carboxylic acids is 3. The SMILES string of the molecule is CNC(C(=O)N[C@H](C(=O)N(C)C(C=C(C)C(=O)OC)C(C)C)C(C)(C)C)C(C)(C)c1cn(C)c2ccccc12. The van der Waals surface area contributed by atoms with Crippen LogP contribution in [0.3, 0.4) is 0 Å². The summed E-state index contributed by atoms with van der Waals surface area (Å²) in [6.45, 7) is 15.6. The zero-order valence-electron chi connectivity index (χ0n) is 25.8. The minimum absolute atomic E-state index is 0.0326. The topological polar surface area (TPSA) is 92.7 Å². The second-order valence-electron chi connectivity index (χ2n) is 12.4. The van der Waals surface area contributed by atoms with Gasteiger partial charge in [-0.1, -0.05) is 72.7 Å². The molecule has 0 saturated heterocycles. The largest absolute Gasteiger partial charge is 0.466 e. The first-order chi connectivity index (χ1) is 18.0. The highest BCUT2D eigenvalue weighted by Gasteiger charge is 2.42. The number of carbonyl (C=O) groups is 3. The van der Waals surface area contributed by atoms with Crippen LogP contribution < -0.4 is 10.6 Å². The average molecular weight is 541 g/mol. The van der Waals surface area contributed by atoms with E-state index in [1.54, 1.807) is 32.0 Å². The molecule has 2 N–H and O–H groups in total. The number of likely N-dealkylation sites (N-methyl/N-ethyl adjacent to an activating group) is 2. The molecule has 0 aliphatic heterocycles. The Bertz CT molecular complexity index is 1220. The molecule has 2 aromatic rings. The van der Waals surface area contributed by atoms with E-state index in [1.165, 1.54) is 7.11 Å². The molecule has 39 heavy (non-hydrogen) atoms. The predicted molar refractivity (Wildman–Crippen MR) is 157 cm³/mol. The number of nitrogens with zero attached hydrogens (tertiary/aromatic N) is 2. The molecule has 2 unspecified atom stereocenters. The molecular formula is C31H48N4O4. The van der Waals surface area contributed by atoms with Gasteiger partial charge in [0, 0.05) is 42.2 Å². The fourth-order valence-corrected chi connectivity index (χ4v) is 5.29. The second-order valence-corrected chi connectivity index (χ2v) is 12.4. The molecule has 2 rings (SSSR count). The van der Waals surface area contributed by atoms with Gasteiger partial charge in [0.2, 0.25) is 11.8 Å². The smallest absolute Gasteiger partial charge is 0.333 e. The van der Waals surface area contributed by atoms with Gasteiger partial charge in [0.25, 0.3) is 0 Å². The number of methoxy groups -OCH3 is 1. The van der Waals surface area contributed by atoms with Crippen LogP contribution in [-0.4, -0.2) is 66.6 Å². The number of ether oxygens (including phenoxy) is 1. The second kappa shape index (κ2) is 12.4. The first-order valence-corrected chi connectivity index (χ1v) is 13.5. The number of hydrogen-bond acceptors (Lipinski definition) is 5. The number of hydrogen-bond donors (Lipinski definition) is 2. The van der Waals surface area contributed by atoms with Gasteiger partial charge in [0.1, 0.15) is 6.04 Å². The van der Waals surface area contributed by atoms with Crippen LogP contribution in [-0.2, 0) is 31.6 Å². The normalized spacial score (nSPS) is 15.2. The van der Waals surface area contributed by atoms with Crippen molar-refractivity contribution in [3.05, 3.63) is 47.7 Å². The molecular weight excluding hydrogens is 492 g/mol. The van der Waals surface area contributed by atoms with Crippen molar-refractivity contribution in [2.75, 3.05) is 21.2 Å². The molecule has 1 aromatic heterocycles. The Balaban J connectivity index is 2.43. The lowest BCUT2D eigenvalue weighted by Crippen LogP contribution is -2.61. The van der Waals surface area contributed by atoms with Gasteiger partial charge in [-0.05, 0) is 36.9 Å². The summed E-state index contributed by atoms with van der Waals surface area (Å²) >= 11 is 0. The minimum atomic E-state index is -0.790. The summed E-state index contributed by atoms with van der Waals surface area (Å²) in [5.41, 5.74) is 1.42. The zero-order valence-corrected chi connectivity index (χ0v) is 25.8. The molecule has 0 bridgehead atoms. The van der Waals surface area contributed by atoms with E-state index in [-0.39, 0.29) is 23.8 Å². The van der Waals surface area contributed by atoms with Gasteiger partial charge in [0.15, 0.2) is 0 Å². The van der Waals surface area contributed by atoms with Crippen molar-refractivity contribution in [1.29, 1.82) is 0 Å². The van der Waals surface area contributed by atoms with E-state index < -0.39 is 28.9 Å². The summed E-state index contributed by atoms with van der Waals surface area (Å²) in [5.74, 6) is -0.874. The van der Waals surface area contributed by atoms with Gasteiger partial charge in [0.05, 0.1) is 19.2 Å². The number of amides is 2. The molecule has 0 saturated carbocycles. The predicted octanol–water partition coefficient (Wildman–Crippen LogP) is 4.18. The van der Waals surface area contributed by atoms with Crippen LogP contribution in [0.25, 0.3) is 10.9 Å². The number of aromatic nitrogens is 1. The molecule has 8 heteroatoms. The number of benzene rings is 1. The third kappa shape index (κ3) is 6.90. The molecule has 2 amide bonds. The summed E-state index contributed by atoms with van der Waals surface area (Å²) in [4.78, 5) is 41.5. The lowest BCUT2D eigenvalue weighted by atomic mass is 9.76. The van der Waals surface area contributed by atoms with E-state index in [9.17, 15) is 14.4 Å². The highest BCUT2D eigenvalue weighted by molar-refractivity contribution is 5.93. The summed E-state index contributed by atoms with van der Waals surface area (Å²) in [7, 11) is 6.82. The maximum atomic E-state index is 13.9. The standard InChI is InChI=1S/C31H48N4O4/c1-19(2)24(17-20(3)29(38)39-12)35(11)28(37)26(30(4,5)6)33-27(36)25(32-9)31(7,8)22-18-34(10)23-16-14-13-15-21(22)23/h13-19,24-26,32H,1-12H3,(H,33,36)/t24?,25?,26-/m1/s1. The van der Waals surface area contributed by atoms with E-state index in [4.69, 9.17) is 4.74 Å². The fourth-order valence-electron chi connectivity index (χ4n) is 5.29. The molecule has 1 aromatic carbocycles. The maximum absolute atomic E-state index is 13.9. The van der Waals surface area contributed by atoms with E-state index >= 15 is 0 Å². The maximum Gasteiger partial charge on any atom is 0.333 e. The van der Waals surface area contributed by atoms with Crippen molar-refractivity contribution in [2.24, 2.45) is 18.4 Å². The summed E-state index contributed by atoms with van der Waals surface area (Å²) in [6, 6.07) is 6.39. The summed E-state index contributed by atoms with van der Waals surface area (Å²) in [5, 5.41) is 7.40. The van der Waals surface area contributed by atoms with Gasteiger partial charge in [-0.15, -0.1) is 0 Å². The van der Waals surface area contributed by atoms with Gasteiger partial charge in [-0.25, -0.2) is 4.79 Å². The molecule has 216 valence electrons. The van der Waals surface area contributed by atoms with Crippen molar-refractivity contribution in [3.8, 4) is 0 Å². The third-order valence-electron chi connectivity index (χ3n) is 7.67. The Morgan fingerprint density at radius 1 is 1.05 bits per heavy atom. The first kappa shape index (κ1) is 32.1. The monoisotopic (exact) mass is 540 g/mol. The van der Waals surface area contributed by atoms with Crippen LogP contribution in [0.4, 0.5) is 0 Å². The van der Waals surface area contributed by atoms with Crippen molar-refractivity contribution >= 4 is 28.7 Å². The van der Waals surface area contributed by atoms with E-state index in [2.05, 4.69) is 33.5 Å². The molecule has 0 fully saturated rings. The van der Waals surface area contributed by atoms with Crippen molar-refractivity contribution in [2.45, 2.75) is 78.9 Å². The Morgan fingerprint density at radius 3 is 2.15 bits per heavy atom. The molecule has 8 nitrogen and oxygen atoms in total. The number of nitrogens with one attached hydrogen (secondary N) is 2. The first-order valence-electron chi connectivity index (χ1n) is 13.5. The third-order valence-corrected chi connectivity index (χ3v) is 7.67. The number of para-hydroxylation sites is 1. The van der Waals surface area contributed by atoms with Gasteiger partial charge >= 0.3 is 5.97 Å². The Kier molecular flexibility index (Phi) is 10.2. The van der Waals surface area contributed by atoms with Crippen LogP contribution in [0.2, 0.25) is 0 Å². The van der Waals surface area contributed by atoms with Crippen LogP contribution in [0.1, 0.15) is 61.0 Å². The van der Waals surface area contributed by atoms with Crippen LogP contribution in [0.5, 0.6) is 0 Å². The van der Waals surface area contributed by atoms with Gasteiger partial charge in [-0.2, -0.15) is 0 Å². The van der Waals surface area contributed by atoms with Crippen LogP contribution in [0.15, 0.2) is 42.1 Å². The molecule has 0 spiro atoms. The van der Waals surface area contributed by atoms with Crippen molar-refractivity contribution < 1.29 is 19.1 Å². The zero-order chi connectivity index (χ0) is 29.9. The van der Waals surface area contributed by atoms with Crippen molar-refractivity contribution in [1.82, 2.24) is 20.1 Å².